The van der Waals surface area contributed by atoms with Crippen molar-refractivity contribution in [3.8, 4) is 11.3 Å². The highest BCUT2D eigenvalue weighted by atomic mass is 35.5. The van der Waals surface area contributed by atoms with Crippen LogP contribution in [0.25, 0.3) is 11.3 Å². The number of halogens is 2. The molecule has 0 spiro atoms. The number of H-pyrrole nitrogens is 1. The maximum Gasteiger partial charge on any atom is 0.238 e. The average molecular weight is 429 g/mol. The molecule has 1 amide bonds. The number of carbonyl (C=O) groups excluding carboxylic acids is 1. The molecule has 0 unspecified atom stereocenters. The van der Waals surface area contributed by atoms with Crippen molar-refractivity contribution in [3.05, 3.63) is 70.1 Å². The van der Waals surface area contributed by atoms with Crippen LogP contribution in [0.2, 0.25) is 5.02 Å². The van der Waals surface area contributed by atoms with Crippen LogP contribution < -0.4 is 5.32 Å². The van der Waals surface area contributed by atoms with Crippen LogP contribution in [0, 0.1) is 19.7 Å². The van der Waals surface area contributed by atoms with Gasteiger partial charge in [0.1, 0.15) is 5.82 Å². The fraction of sp³-hybridized carbons (Fsp3) is 0.304. The Morgan fingerprint density at radius 2 is 1.93 bits per heavy atom. The predicted octanol–water partition coefficient (Wildman–Crippen LogP) is 4.99. The second kappa shape index (κ2) is 9.87. The number of hydrogen-bond donors (Lipinski definition) is 2. The number of rotatable bonds is 8. The van der Waals surface area contributed by atoms with E-state index < -0.39 is 0 Å². The molecule has 2 aromatic carbocycles. The zero-order chi connectivity index (χ0) is 21.7. The summed E-state index contributed by atoms with van der Waals surface area (Å²) in [5.41, 5.74) is 5.36. The Balaban J connectivity index is 1.45. The molecule has 0 aliphatic rings. The molecule has 1 aromatic heterocycles. The SMILES string of the molecule is Cc1cc(C)c(NC(=O)CN(C)CCCc2cc(-c3ccc(F)cc3)n[nH]2)c(Cl)c1. The van der Waals surface area contributed by atoms with Gasteiger partial charge in [0.05, 0.1) is 22.9 Å². The third kappa shape index (κ3) is 5.90. The normalized spacial score (nSPS) is 11.1. The van der Waals surface area contributed by atoms with Gasteiger partial charge in [0.2, 0.25) is 5.91 Å². The number of aromatic nitrogens is 2. The van der Waals surface area contributed by atoms with Crippen molar-refractivity contribution in [1.82, 2.24) is 15.1 Å². The molecular weight excluding hydrogens is 403 g/mol. The largest absolute Gasteiger partial charge is 0.323 e. The average Bonchev–Trinajstić information content (AvgIpc) is 3.14. The molecule has 30 heavy (non-hydrogen) atoms. The van der Waals surface area contributed by atoms with Crippen LogP contribution in [0.15, 0.2) is 42.5 Å². The molecule has 3 aromatic rings. The lowest BCUT2D eigenvalue weighted by Gasteiger charge is -2.17. The summed E-state index contributed by atoms with van der Waals surface area (Å²) in [6, 6.07) is 12.1. The van der Waals surface area contributed by atoms with Gasteiger partial charge in [0, 0.05) is 11.3 Å². The number of nitrogens with one attached hydrogen (secondary N) is 2. The quantitative estimate of drug-likeness (QED) is 0.531. The Kier molecular flexibility index (Phi) is 7.24. The summed E-state index contributed by atoms with van der Waals surface area (Å²) < 4.78 is 13.0. The van der Waals surface area contributed by atoms with Gasteiger partial charge in [-0.15, -0.1) is 0 Å². The van der Waals surface area contributed by atoms with E-state index in [2.05, 4.69) is 15.5 Å². The Bertz CT molecular complexity index is 993. The first kappa shape index (κ1) is 22.0. The molecule has 0 saturated heterocycles. The lowest BCUT2D eigenvalue weighted by atomic mass is 10.1. The summed E-state index contributed by atoms with van der Waals surface area (Å²) in [6.45, 7) is 4.95. The summed E-state index contributed by atoms with van der Waals surface area (Å²) in [7, 11) is 1.92. The molecule has 0 saturated carbocycles. The van der Waals surface area contributed by atoms with E-state index in [1.165, 1.54) is 12.1 Å². The van der Waals surface area contributed by atoms with Crippen molar-refractivity contribution >= 4 is 23.2 Å². The summed E-state index contributed by atoms with van der Waals surface area (Å²) in [5.74, 6) is -0.354. The highest BCUT2D eigenvalue weighted by Crippen LogP contribution is 2.27. The minimum atomic E-state index is -0.263. The molecule has 0 fully saturated rings. The first-order valence-corrected chi connectivity index (χ1v) is 10.2. The van der Waals surface area contributed by atoms with E-state index in [4.69, 9.17) is 11.6 Å². The molecular formula is C23H26ClFN4O. The number of nitrogens with zero attached hydrogens (tertiary/aromatic N) is 2. The number of amides is 1. The molecule has 0 atom stereocenters. The predicted molar refractivity (Wildman–Crippen MR) is 119 cm³/mol. The summed E-state index contributed by atoms with van der Waals surface area (Å²) in [4.78, 5) is 14.4. The van der Waals surface area contributed by atoms with Gasteiger partial charge in [-0.25, -0.2) is 4.39 Å². The number of carbonyl (C=O) groups is 1. The van der Waals surface area contributed by atoms with Crippen molar-refractivity contribution in [1.29, 1.82) is 0 Å². The molecule has 0 aliphatic heterocycles. The van der Waals surface area contributed by atoms with E-state index in [1.807, 2.05) is 44.0 Å². The first-order valence-electron chi connectivity index (χ1n) is 9.87. The van der Waals surface area contributed by atoms with Crippen LogP contribution >= 0.6 is 11.6 Å². The van der Waals surface area contributed by atoms with Crippen molar-refractivity contribution in [2.75, 3.05) is 25.5 Å². The Hall–Kier alpha value is -2.70. The lowest BCUT2D eigenvalue weighted by Crippen LogP contribution is -2.31. The van der Waals surface area contributed by atoms with Crippen molar-refractivity contribution in [3.63, 3.8) is 0 Å². The Morgan fingerprint density at radius 1 is 1.20 bits per heavy atom. The summed E-state index contributed by atoms with van der Waals surface area (Å²) >= 11 is 6.26. The van der Waals surface area contributed by atoms with Gasteiger partial charge in [-0.2, -0.15) is 5.10 Å². The smallest absolute Gasteiger partial charge is 0.238 e. The molecule has 3 rings (SSSR count). The molecule has 1 heterocycles. The molecule has 5 nitrogen and oxygen atoms in total. The van der Waals surface area contributed by atoms with Crippen molar-refractivity contribution in [2.45, 2.75) is 26.7 Å². The Labute approximate surface area is 181 Å². The topological polar surface area (TPSA) is 61.0 Å². The van der Waals surface area contributed by atoms with Crippen LogP contribution in [0.1, 0.15) is 23.2 Å². The number of aryl methyl sites for hydroxylation is 3. The van der Waals surface area contributed by atoms with E-state index in [1.54, 1.807) is 12.1 Å². The van der Waals surface area contributed by atoms with Crippen LogP contribution in [-0.4, -0.2) is 41.1 Å². The molecule has 0 aliphatic carbocycles. The molecule has 0 bridgehead atoms. The van der Waals surface area contributed by atoms with Crippen LogP contribution in [-0.2, 0) is 11.2 Å². The van der Waals surface area contributed by atoms with Crippen molar-refractivity contribution in [2.24, 2.45) is 0 Å². The van der Waals surface area contributed by atoms with Crippen LogP contribution in [0.3, 0.4) is 0 Å². The second-order valence-corrected chi connectivity index (χ2v) is 8.02. The number of aromatic amines is 1. The van der Waals surface area contributed by atoms with E-state index in [0.717, 1.165) is 47.5 Å². The maximum atomic E-state index is 13.0. The third-order valence-electron chi connectivity index (χ3n) is 4.87. The first-order chi connectivity index (χ1) is 14.3. The molecule has 7 heteroatoms. The summed E-state index contributed by atoms with van der Waals surface area (Å²) in [6.07, 6.45) is 1.68. The number of hydrogen-bond acceptors (Lipinski definition) is 3. The highest BCUT2D eigenvalue weighted by molar-refractivity contribution is 6.34. The Morgan fingerprint density at radius 3 is 2.63 bits per heavy atom. The second-order valence-electron chi connectivity index (χ2n) is 7.61. The fourth-order valence-corrected chi connectivity index (χ4v) is 3.74. The van der Waals surface area contributed by atoms with E-state index >= 15 is 0 Å². The van der Waals surface area contributed by atoms with Crippen molar-refractivity contribution < 1.29 is 9.18 Å². The van der Waals surface area contributed by atoms with Gasteiger partial charge in [-0.1, -0.05) is 17.7 Å². The monoisotopic (exact) mass is 428 g/mol. The van der Waals surface area contributed by atoms with Gasteiger partial charge >= 0.3 is 0 Å². The van der Waals surface area contributed by atoms with Gasteiger partial charge in [-0.3, -0.25) is 14.8 Å². The maximum absolute atomic E-state index is 13.0. The number of anilines is 1. The third-order valence-corrected chi connectivity index (χ3v) is 5.16. The lowest BCUT2D eigenvalue weighted by molar-refractivity contribution is -0.117. The highest BCUT2D eigenvalue weighted by Gasteiger charge is 2.12. The summed E-state index contributed by atoms with van der Waals surface area (Å²) in [5, 5.41) is 10.8. The van der Waals surface area contributed by atoms with E-state index in [0.29, 0.717) is 10.7 Å². The molecule has 0 radical (unpaired) electrons. The standard InChI is InChI=1S/C23H26ClFN4O/c1-15-11-16(2)23(20(24)12-15)26-22(30)14-29(3)10-4-5-19-13-21(28-27-19)17-6-8-18(25)9-7-17/h6-9,11-13H,4-5,10,14H2,1-3H3,(H,26,30)(H,27,28). The van der Waals surface area contributed by atoms with E-state index in [9.17, 15) is 9.18 Å². The number of likely N-dealkylation sites (N-methyl/N-ethyl adjacent to an activating group) is 1. The number of benzene rings is 2. The van der Waals surface area contributed by atoms with E-state index in [-0.39, 0.29) is 18.3 Å². The van der Waals surface area contributed by atoms with Crippen LogP contribution in [0.4, 0.5) is 10.1 Å². The minimum Gasteiger partial charge on any atom is -0.323 e. The zero-order valence-electron chi connectivity index (χ0n) is 17.4. The van der Waals surface area contributed by atoms with Gasteiger partial charge in [-0.05, 0) is 87.8 Å². The van der Waals surface area contributed by atoms with Crippen LogP contribution in [0.5, 0.6) is 0 Å². The fourth-order valence-electron chi connectivity index (χ4n) is 3.37. The molecule has 2 N–H and O–H groups in total. The van der Waals surface area contributed by atoms with Gasteiger partial charge < -0.3 is 5.32 Å². The van der Waals surface area contributed by atoms with Gasteiger partial charge in [0.25, 0.3) is 0 Å². The molecule has 158 valence electrons. The minimum absolute atomic E-state index is 0.0912. The van der Waals surface area contributed by atoms with Gasteiger partial charge in [0.15, 0.2) is 0 Å². The zero-order valence-corrected chi connectivity index (χ0v) is 18.2.